The van der Waals surface area contributed by atoms with Crippen LogP contribution >= 0.6 is 0 Å². The lowest BCUT2D eigenvalue weighted by molar-refractivity contribution is 0.246. The van der Waals surface area contributed by atoms with Gasteiger partial charge in [0.15, 0.2) is 0 Å². The zero-order valence-corrected chi connectivity index (χ0v) is 12.2. The molecular formula is C14H22N2O2S. The molecule has 0 bridgehead atoms. The molecule has 1 fully saturated rings. The summed E-state index contributed by atoms with van der Waals surface area (Å²) in [6.07, 6.45) is 3.90. The van der Waals surface area contributed by atoms with Crippen LogP contribution in [0.5, 0.6) is 0 Å². The topological polar surface area (TPSA) is 63.4 Å². The summed E-state index contributed by atoms with van der Waals surface area (Å²) < 4.78 is 27.1. The highest BCUT2D eigenvalue weighted by molar-refractivity contribution is 7.89. The van der Waals surface area contributed by atoms with E-state index in [1.807, 2.05) is 6.07 Å². The van der Waals surface area contributed by atoms with E-state index in [9.17, 15) is 8.42 Å². The molecule has 1 heterocycles. The summed E-state index contributed by atoms with van der Waals surface area (Å²) in [5.74, 6) is 0. The van der Waals surface area contributed by atoms with Crippen LogP contribution in [-0.2, 0) is 16.6 Å². The van der Waals surface area contributed by atoms with Crippen molar-refractivity contribution in [3.63, 3.8) is 0 Å². The fourth-order valence-corrected chi connectivity index (χ4v) is 4.50. The Hall–Kier alpha value is -0.910. The first-order valence-electron chi connectivity index (χ1n) is 6.90. The molecule has 0 spiro atoms. The number of hydrogen-bond acceptors (Lipinski definition) is 3. The van der Waals surface area contributed by atoms with Gasteiger partial charge in [0.1, 0.15) is 0 Å². The van der Waals surface area contributed by atoms with E-state index in [0.717, 1.165) is 31.2 Å². The molecule has 1 aromatic rings. The lowest BCUT2D eigenvalue weighted by Crippen LogP contribution is -2.43. The maximum absolute atomic E-state index is 12.7. The van der Waals surface area contributed by atoms with E-state index in [1.165, 1.54) is 0 Å². The maximum atomic E-state index is 12.7. The number of piperidine rings is 1. The fraction of sp³-hybridized carbons (Fsp3) is 0.571. The molecule has 1 unspecified atom stereocenters. The molecule has 1 aliphatic rings. The number of nitrogens with zero attached hydrogens (tertiary/aromatic N) is 1. The largest absolute Gasteiger partial charge is 0.326 e. The minimum atomic E-state index is -3.38. The van der Waals surface area contributed by atoms with Crippen LogP contribution in [-0.4, -0.2) is 25.3 Å². The van der Waals surface area contributed by atoms with Crippen LogP contribution in [0, 0.1) is 0 Å². The molecule has 5 heteroatoms. The number of benzene rings is 1. The number of hydrogen-bond donors (Lipinski definition) is 1. The summed E-state index contributed by atoms with van der Waals surface area (Å²) in [5, 5.41) is 0. The van der Waals surface area contributed by atoms with Gasteiger partial charge in [0.05, 0.1) is 4.90 Å². The van der Waals surface area contributed by atoms with Gasteiger partial charge in [-0.3, -0.25) is 0 Å². The van der Waals surface area contributed by atoms with Crippen LogP contribution < -0.4 is 5.73 Å². The first-order valence-corrected chi connectivity index (χ1v) is 8.34. The second-order valence-corrected chi connectivity index (χ2v) is 6.92. The van der Waals surface area contributed by atoms with Crippen LogP contribution in [0.15, 0.2) is 29.2 Å². The molecule has 2 N–H and O–H groups in total. The van der Waals surface area contributed by atoms with Crippen LogP contribution in [0.1, 0.15) is 38.2 Å². The first-order chi connectivity index (χ1) is 9.09. The molecule has 19 heavy (non-hydrogen) atoms. The normalized spacial score (nSPS) is 21.5. The highest BCUT2D eigenvalue weighted by Crippen LogP contribution is 2.27. The van der Waals surface area contributed by atoms with E-state index in [1.54, 1.807) is 22.5 Å². The van der Waals surface area contributed by atoms with Crippen molar-refractivity contribution < 1.29 is 8.42 Å². The Kier molecular flexibility index (Phi) is 4.60. The Labute approximate surface area is 115 Å². The van der Waals surface area contributed by atoms with Crippen molar-refractivity contribution in [3.05, 3.63) is 29.8 Å². The smallest absolute Gasteiger partial charge is 0.243 e. The molecular weight excluding hydrogens is 260 g/mol. The van der Waals surface area contributed by atoms with E-state index in [0.29, 0.717) is 18.0 Å². The van der Waals surface area contributed by atoms with Crippen molar-refractivity contribution in [1.29, 1.82) is 0 Å². The Morgan fingerprint density at radius 3 is 2.84 bits per heavy atom. The highest BCUT2D eigenvalue weighted by atomic mass is 32.2. The number of sulfonamides is 1. The van der Waals surface area contributed by atoms with E-state index in [4.69, 9.17) is 5.73 Å². The van der Waals surface area contributed by atoms with Gasteiger partial charge >= 0.3 is 0 Å². The summed E-state index contributed by atoms with van der Waals surface area (Å²) in [7, 11) is -3.38. The van der Waals surface area contributed by atoms with Crippen LogP contribution in [0.3, 0.4) is 0 Å². The van der Waals surface area contributed by atoms with Gasteiger partial charge in [0.25, 0.3) is 0 Å². The van der Waals surface area contributed by atoms with Crippen molar-refractivity contribution >= 4 is 10.0 Å². The Balaban J connectivity index is 2.34. The maximum Gasteiger partial charge on any atom is 0.243 e. The van der Waals surface area contributed by atoms with Crippen molar-refractivity contribution in [2.24, 2.45) is 5.73 Å². The Morgan fingerprint density at radius 1 is 1.37 bits per heavy atom. The quantitative estimate of drug-likeness (QED) is 0.920. The Morgan fingerprint density at radius 2 is 2.16 bits per heavy atom. The molecule has 2 rings (SSSR count). The van der Waals surface area contributed by atoms with Gasteiger partial charge in [-0.2, -0.15) is 4.31 Å². The van der Waals surface area contributed by atoms with Crippen LogP contribution in [0.25, 0.3) is 0 Å². The van der Waals surface area contributed by atoms with Gasteiger partial charge < -0.3 is 5.73 Å². The zero-order valence-electron chi connectivity index (χ0n) is 11.4. The molecule has 0 amide bonds. The molecule has 106 valence electrons. The standard InChI is InChI=1S/C14H22N2O2S/c1-2-13-7-3-4-9-16(13)19(17,18)14-8-5-6-12(10-14)11-15/h5-6,8,10,13H,2-4,7,9,11,15H2,1H3. The lowest BCUT2D eigenvalue weighted by Gasteiger charge is -2.34. The second-order valence-electron chi connectivity index (χ2n) is 5.03. The van der Waals surface area contributed by atoms with E-state index in [-0.39, 0.29) is 6.04 Å². The van der Waals surface area contributed by atoms with Crippen molar-refractivity contribution in [2.75, 3.05) is 6.54 Å². The van der Waals surface area contributed by atoms with Gasteiger partial charge in [-0.1, -0.05) is 25.5 Å². The Bertz CT molecular complexity index is 528. The van der Waals surface area contributed by atoms with Crippen LogP contribution in [0.4, 0.5) is 0 Å². The number of nitrogens with two attached hydrogens (primary N) is 1. The number of rotatable bonds is 4. The molecule has 1 aliphatic heterocycles. The SMILES string of the molecule is CCC1CCCCN1S(=O)(=O)c1cccc(CN)c1. The molecule has 4 nitrogen and oxygen atoms in total. The van der Waals surface area contributed by atoms with Gasteiger partial charge in [-0.25, -0.2) is 8.42 Å². The van der Waals surface area contributed by atoms with Gasteiger partial charge in [0.2, 0.25) is 10.0 Å². The third kappa shape index (κ3) is 2.99. The minimum absolute atomic E-state index is 0.139. The summed E-state index contributed by atoms with van der Waals surface area (Å²) in [6, 6.07) is 7.11. The van der Waals surface area contributed by atoms with E-state index >= 15 is 0 Å². The highest BCUT2D eigenvalue weighted by Gasteiger charge is 2.32. The van der Waals surface area contributed by atoms with Crippen molar-refractivity contribution in [3.8, 4) is 0 Å². The first kappa shape index (κ1) is 14.5. The summed E-state index contributed by atoms with van der Waals surface area (Å²) in [4.78, 5) is 0.371. The molecule has 0 radical (unpaired) electrons. The van der Waals surface area contributed by atoms with Crippen molar-refractivity contribution in [2.45, 2.75) is 50.1 Å². The monoisotopic (exact) mass is 282 g/mol. The minimum Gasteiger partial charge on any atom is -0.326 e. The molecule has 0 aromatic heterocycles. The second kappa shape index (κ2) is 6.03. The third-order valence-corrected chi connectivity index (χ3v) is 5.73. The average molecular weight is 282 g/mol. The summed E-state index contributed by atoms with van der Waals surface area (Å²) >= 11 is 0. The fourth-order valence-electron chi connectivity index (χ4n) is 2.67. The average Bonchev–Trinajstić information content (AvgIpc) is 2.47. The third-order valence-electron chi connectivity index (χ3n) is 3.79. The zero-order chi connectivity index (χ0) is 13.9. The summed E-state index contributed by atoms with van der Waals surface area (Å²) in [5.41, 5.74) is 6.44. The van der Waals surface area contributed by atoms with E-state index in [2.05, 4.69) is 6.92 Å². The molecule has 1 aromatic carbocycles. The lowest BCUT2D eigenvalue weighted by atomic mass is 10.0. The predicted octanol–water partition coefficient (Wildman–Crippen LogP) is 2.10. The van der Waals surface area contributed by atoms with E-state index < -0.39 is 10.0 Å². The molecule has 0 saturated carbocycles. The van der Waals surface area contributed by atoms with Gasteiger partial charge in [-0.15, -0.1) is 0 Å². The van der Waals surface area contributed by atoms with Crippen molar-refractivity contribution in [1.82, 2.24) is 4.31 Å². The van der Waals surface area contributed by atoms with Crippen LogP contribution in [0.2, 0.25) is 0 Å². The summed E-state index contributed by atoms with van der Waals surface area (Å²) in [6.45, 7) is 3.04. The molecule has 1 atom stereocenters. The predicted molar refractivity (Wildman–Crippen MR) is 76.2 cm³/mol. The van der Waals surface area contributed by atoms with Gasteiger partial charge in [-0.05, 0) is 37.0 Å². The molecule has 0 aliphatic carbocycles. The van der Waals surface area contributed by atoms with Gasteiger partial charge in [0, 0.05) is 19.1 Å². The molecule has 1 saturated heterocycles.